The summed E-state index contributed by atoms with van der Waals surface area (Å²) in [6, 6.07) is 10.3. The van der Waals surface area contributed by atoms with Crippen molar-refractivity contribution in [1.29, 1.82) is 0 Å². The highest BCUT2D eigenvalue weighted by Gasteiger charge is 2.26. The normalized spacial score (nSPS) is 14.9. The van der Waals surface area contributed by atoms with Gasteiger partial charge in [0.15, 0.2) is 0 Å². The molecule has 1 fully saturated rings. The molecule has 2 heterocycles. The van der Waals surface area contributed by atoms with Gasteiger partial charge in [-0.05, 0) is 36.4 Å². The van der Waals surface area contributed by atoms with E-state index in [9.17, 15) is 9.59 Å². The molecule has 23 heavy (non-hydrogen) atoms. The van der Waals surface area contributed by atoms with E-state index in [1.807, 2.05) is 0 Å². The molecule has 120 valence electrons. The number of carbonyl (C=O) groups is 2. The lowest BCUT2D eigenvalue weighted by molar-refractivity contribution is 0.0538. The number of hydrogen-bond donors (Lipinski definition) is 0. The summed E-state index contributed by atoms with van der Waals surface area (Å²) in [5, 5.41) is 0.603. The summed E-state index contributed by atoms with van der Waals surface area (Å²) in [6.45, 7) is 2.08. The van der Waals surface area contributed by atoms with Crippen LogP contribution in [-0.4, -0.2) is 47.8 Å². The fraction of sp³-hybridized carbons (Fsp3) is 0.250. The van der Waals surface area contributed by atoms with Crippen molar-refractivity contribution in [3.05, 3.63) is 56.2 Å². The van der Waals surface area contributed by atoms with Gasteiger partial charge in [0.05, 0.1) is 9.21 Å². The zero-order valence-corrected chi connectivity index (χ0v) is 14.5. The summed E-state index contributed by atoms with van der Waals surface area (Å²) in [4.78, 5) is 28.9. The van der Waals surface area contributed by atoms with Crippen molar-refractivity contribution >= 4 is 46.4 Å². The van der Waals surface area contributed by atoms with Crippen molar-refractivity contribution in [1.82, 2.24) is 9.80 Å². The Morgan fingerprint density at radius 2 is 1.39 bits per heavy atom. The summed E-state index contributed by atoms with van der Waals surface area (Å²) in [5.74, 6) is -0.0616. The lowest BCUT2D eigenvalue weighted by Crippen LogP contribution is -2.50. The lowest BCUT2D eigenvalue weighted by atomic mass is 10.2. The maximum absolute atomic E-state index is 12.4. The minimum absolute atomic E-state index is 0.0273. The molecule has 0 unspecified atom stereocenters. The lowest BCUT2D eigenvalue weighted by Gasteiger charge is -2.34. The monoisotopic (exact) mass is 368 g/mol. The third kappa shape index (κ3) is 3.68. The molecule has 0 saturated carbocycles. The molecule has 0 aliphatic carbocycles. The van der Waals surface area contributed by atoms with Gasteiger partial charge in [0.25, 0.3) is 11.8 Å². The molecule has 0 atom stereocenters. The number of nitrogens with zero attached hydrogens (tertiary/aromatic N) is 2. The Labute approximate surface area is 148 Å². The molecular formula is C16H14Cl2N2O2S. The quantitative estimate of drug-likeness (QED) is 0.811. The van der Waals surface area contributed by atoms with Gasteiger partial charge in [-0.1, -0.05) is 23.2 Å². The van der Waals surface area contributed by atoms with E-state index in [1.54, 1.807) is 46.2 Å². The highest BCUT2D eigenvalue weighted by atomic mass is 35.5. The number of piperazine rings is 1. The molecular weight excluding hydrogens is 355 g/mol. The molecule has 0 radical (unpaired) electrons. The van der Waals surface area contributed by atoms with E-state index in [0.717, 1.165) is 0 Å². The molecule has 7 heteroatoms. The van der Waals surface area contributed by atoms with Crippen molar-refractivity contribution in [2.75, 3.05) is 26.2 Å². The molecule has 1 aliphatic heterocycles. The summed E-state index contributed by atoms with van der Waals surface area (Å²) in [7, 11) is 0. The van der Waals surface area contributed by atoms with Crippen LogP contribution in [0.15, 0.2) is 36.4 Å². The number of carbonyl (C=O) groups excluding carboxylic acids is 2. The van der Waals surface area contributed by atoms with Gasteiger partial charge in [-0.2, -0.15) is 0 Å². The average molecular weight is 369 g/mol. The molecule has 4 nitrogen and oxygen atoms in total. The molecule has 1 aromatic heterocycles. The molecule has 3 rings (SSSR count). The van der Waals surface area contributed by atoms with Crippen molar-refractivity contribution in [2.24, 2.45) is 0 Å². The van der Waals surface area contributed by atoms with Crippen LogP contribution in [0.5, 0.6) is 0 Å². The first-order chi connectivity index (χ1) is 11.0. The van der Waals surface area contributed by atoms with Crippen LogP contribution in [0.3, 0.4) is 0 Å². The Kier molecular flexibility index (Phi) is 4.90. The molecule has 1 saturated heterocycles. The van der Waals surface area contributed by atoms with Gasteiger partial charge in [-0.3, -0.25) is 9.59 Å². The second kappa shape index (κ2) is 6.91. The largest absolute Gasteiger partial charge is 0.335 e. The third-order valence-corrected chi connectivity index (χ3v) is 5.20. The predicted octanol–water partition coefficient (Wildman–Crippen LogP) is 3.65. The number of hydrogen-bond acceptors (Lipinski definition) is 3. The summed E-state index contributed by atoms with van der Waals surface area (Å²) in [5.41, 5.74) is 0.610. The number of rotatable bonds is 2. The highest BCUT2D eigenvalue weighted by Crippen LogP contribution is 2.23. The Morgan fingerprint density at radius 1 is 0.826 bits per heavy atom. The topological polar surface area (TPSA) is 40.6 Å². The molecule has 0 N–H and O–H groups in total. The van der Waals surface area contributed by atoms with Gasteiger partial charge in [0.1, 0.15) is 0 Å². The Morgan fingerprint density at radius 3 is 1.91 bits per heavy atom. The summed E-state index contributed by atoms with van der Waals surface area (Å²) < 4.78 is 0.602. The van der Waals surface area contributed by atoms with E-state index in [-0.39, 0.29) is 11.8 Å². The van der Waals surface area contributed by atoms with E-state index >= 15 is 0 Å². The standard InChI is InChI=1S/C16H14Cl2N2O2S/c17-12-3-1-11(2-4-12)15(21)19-7-9-20(10-8-19)16(22)13-5-6-14(18)23-13/h1-6H,7-10H2. The first kappa shape index (κ1) is 16.3. The Bertz CT molecular complexity index is 722. The van der Waals surface area contributed by atoms with Gasteiger partial charge >= 0.3 is 0 Å². The molecule has 2 amide bonds. The molecule has 0 bridgehead atoms. The number of amides is 2. The molecule has 1 aliphatic rings. The first-order valence-electron chi connectivity index (χ1n) is 7.14. The second-order valence-corrected chi connectivity index (χ2v) is 7.35. The SMILES string of the molecule is O=C(c1ccc(Cl)cc1)N1CCN(C(=O)c2ccc(Cl)s2)CC1. The second-order valence-electron chi connectivity index (χ2n) is 5.20. The fourth-order valence-corrected chi connectivity index (χ4v) is 3.61. The van der Waals surface area contributed by atoms with Crippen molar-refractivity contribution in [2.45, 2.75) is 0 Å². The first-order valence-corrected chi connectivity index (χ1v) is 8.71. The van der Waals surface area contributed by atoms with Crippen LogP contribution in [0.25, 0.3) is 0 Å². The molecule has 2 aromatic rings. The zero-order chi connectivity index (χ0) is 16.4. The van der Waals surface area contributed by atoms with Gasteiger partial charge in [0.2, 0.25) is 0 Å². The van der Waals surface area contributed by atoms with E-state index in [0.29, 0.717) is 46.0 Å². The van der Waals surface area contributed by atoms with E-state index in [4.69, 9.17) is 23.2 Å². The van der Waals surface area contributed by atoms with Crippen LogP contribution in [0, 0.1) is 0 Å². The van der Waals surface area contributed by atoms with Crippen molar-refractivity contribution < 1.29 is 9.59 Å². The van der Waals surface area contributed by atoms with Crippen LogP contribution in [0.1, 0.15) is 20.0 Å². The minimum Gasteiger partial charge on any atom is -0.335 e. The van der Waals surface area contributed by atoms with Gasteiger partial charge < -0.3 is 9.80 Å². The van der Waals surface area contributed by atoms with E-state index in [2.05, 4.69) is 0 Å². The van der Waals surface area contributed by atoms with Crippen LogP contribution in [-0.2, 0) is 0 Å². The Hall–Kier alpha value is -1.56. The smallest absolute Gasteiger partial charge is 0.264 e. The van der Waals surface area contributed by atoms with Gasteiger partial charge in [0, 0.05) is 36.8 Å². The zero-order valence-electron chi connectivity index (χ0n) is 12.2. The van der Waals surface area contributed by atoms with E-state index < -0.39 is 0 Å². The number of thiophene rings is 1. The third-order valence-electron chi connectivity index (χ3n) is 3.73. The molecule has 1 aromatic carbocycles. The van der Waals surface area contributed by atoms with Crippen LogP contribution in [0.2, 0.25) is 9.36 Å². The molecule has 0 spiro atoms. The fourth-order valence-electron chi connectivity index (χ4n) is 2.47. The maximum Gasteiger partial charge on any atom is 0.264 e. The minimum atomic E-state index is -0.0343. The maximum atomic E-state index is 12.4. The van der Waals surface area contributed by atoms with Gasteiger partial charge in [-0.15, -0.1) is 11.3 Å². The number of halogens is 2. The number of benzene rings is 1. The van der Waals surface area contributed by atoms with Crippen molar-refractivity contribution in [3.8, 4) is 0 Å². The van der Waals surface area contributed by atoms with Crippen LogP contribution >= 0.6 is 34.5 Å². The van der Waals surface area contributed by atoms with Crippen LogP contribution in [0.4, 0.5) is 0 Å². The van der Waals surface area contributed by atoms with Crippen LogP contribution < -0.4 is 0 Å². The highest BCUT2D eigenvalue weighted by molar-refractivity contribution is 7.17. The average Bonchev–Trinajstić information content (AvgIpc) is 3.01. The van der Waals surface area contributed by atoms with Crippen molar-refractivity contribution in [3.63, 3.8) is 0 Å². The Balaban J connectivity index is 1.61. The summed E-state index contributed by atoms with van der Waals surface area (Å²) >= 11 is 13.0. The van der Waals surface area contributed by atoms with Gasteiger partial charge in [-0.25, -0.2) is 0 Å². The van der Waals surface area contributed by atoms with E-state index in [1.165, 1.54) is 11.3 Å². The predicted molar refractivity (Wildman–Crippen MR) is 92.6 cm³/mol. The summed E-state index contributed by atoms with van der Waals surface area (Å²) in [6.07, 6.45) is 0.